The summed E-state index contributed by atoms with van der Waals surface area (Å²) in [6, 6.07) is 10.9. The van der Waals surface area contributed by atoms with Gasteiger partial charge >= 0.3 is 5.69 Å². The molecule has 21 heavy (non-hydrogen) atoms. The number of para-hydroxylation sites is 1. The smallest absolute Gasteiger partial charge is 0.322 e. The molecule has 0 saturated heterocycles. The first-order chi connectivity index (χ1) is 10.0. The first-order valence-corrected chi connectivity index (χ1v) is 6.64. The molecule has 0 radical (unpaired) electrons. The first kappa shape index (κ1) is 13.2. The maximum absolute atomic E-state index is 12.4. The minimum absolute atomic E-state index is 0.251. The van der Waals surface area contributed by atoms with Crippen molar-refractivity contribution in [1.82, 2.24) is 9.97 Å². The topological polar surface area (TPSA) is 77.8 Å². The number of aromatic amines is 2. The number of hydrogen-bond donors (Lipinski definition) is 3. The quantitative estimate of drug-likeness (QED) is 0.675. The summed E-state index contributed by atoms with van der Waals surface area (Å²) < 4.78 is 0. The van der Waals surface area contributed by atoms with Crippen molar-refractivity contribution in [3.8, 4) is 0 Å². The van der Waals surface area contributed by atoms with E-state index in [2.05, 4.69) is 15.3 Å². The van der Waals surface area contributed by atoms with Crippen LogP contribution in [-0.4, -0.2) is 15.9 Å². The van der Waals surface area contributed by atoms with E-state index in [9.17, 15) is 9.59 Å². The third-order valence-electron chi connectivity index (χ3n) is 3.56. The van der Waals surface area contributed by atoms with Crippen molar-refractivity contribution in [3.05, 3.63) is 63.6 Å². The van der Waals surface area contributed by atoms with E-state index in [1.165, 1.54) is 5.56 Å². The van der Waals surface area contributed by atoms with Crippen LogP contribution in [0.25, 0.3) is 11.0 Å². The number of anilines is 1. The van der Waals surface area contributed by atoms with E-state index in [0.29, 0.717) is 16.6 Å². The number of H-pyrrole nitrogens is 2. The minimum atomic E-state index is -0.323. The van der Waals surface area contributed by atoms with E-state index in [-0.39, 0.29) is 11.6 Å². The number of amides is 1. The molecule has 0 aliphatic heterocycles. The normalized spacial score (nSPS) is 10.8. The van der Waals surface area contributed by atoms with Crippen LogP contribution in [0.15, 0.2) is 41.2 Å². The highest BCUT2D eigenvalue weighted by Crippen LogP contribution is 2.18. The van der Waals surface area contributed by atoms with Gasteiger partial charge in [0.05, 0.1) is 16.6 Å². The molecule has 1 aromatic heterocycles. The number of aryl methyl sites for hydroxylation is 2. The molecular weight excluding hydrogens is 266 g/mol. The first-order valence-electron chi connectivity index (χ1n) is 6.64. The van der Waals surface area contributed by atoms with Gasteiger partial charge in [-0.25, -0.2) is 4.79 Å². The van der Waals surface area contributed by atoms with Gasteiger partial charge in [0, 0.05) is 5.69 Å². The maximum atomic E-state index is 12.4. The monoisotopic (exact) mass is 281 g/mol. The van der Waals surface area contributed by atoms with Crippen molar-refractivity contribution in [2.24, 2.45) is 0 Å². The third-order valence-corrected chi connectivity index (χ3v) is 3.56. The zero-order valence-electron chi connectivity index (χ0n) is 11.8. The summed E-state index contributed by atoms with van der Waals surface area (Å²) in [5.41, 5.74) is 4.26. The molecule has 1 heterocycles. The average Bonchev–Trinajstić information content (AvgIpc) is 2.82. The zero-order chi connectivity index (χ0) is 15.0. The Morgan fingerprint density at radius 2 is 1.86 bits per heavy atom. The second kappa shape index (κ2) is 4.94. The molecule has 3 rings (SSSR count). The zero-order valence-corrected chi connectivity index (χ0v) is 11.8. The van der Waals surface area contributed by atoms with Crippen LogP contribution in [0.4, 0.5) is 5.69 Å². The van der Waals surface area contributed by atoms with Crippen LogP contribution in [0, 0.1) is 13.8 Å². The lowest BCUT2D eigenvalue weighted by Crippen LogP contribution is -2.13. The highest BCUT2D eigenvalue weighted by atomic mass is 16.2. The summed E-state index contributed by atoms with van der Waals surface area (Å²) in [4.78, 5) is 29.0. The molecule has 0 aliphatic rings. The summed E-state index contributed by atoms with van der Waals surface area (Å²) in [6.07, 6.45) is 0. The number of rotatable bonds is 2. The summed E-state index contributed by atoms with van der Waals surface area (Å²) in [7, 11) is 0. The number of carbonyl (C=O) groups excluding carboxylic acids is 1. The van der Waals surface area contributed by atoms with Crippen LogP contribution in [-0.2, 0) is 0 Å². The second-order valence-electron chi connectivity index (χ2n) is 5.06. The number of aromatic nitrogens is 2. The van der Waals surface area contributed by atoms with Crippen LogP contribution in [0.3, 0.4) is 0 Å². The molecule has 0 atom stereocenters. The van der Waals surface area contributed by atoms with Gasteiger partial charge in [0.1, 0.15) is 0 Å². The van der Waals surface area contributed by atoms with Crippen LogP contribution in [0.1, 0.15) is 21.5 Å². The van der Waals surface area contributed by atoms with Crippen molar-refractivity contribution in [2.75, 3.05) is 5.32 Å². The summed E-state index contributed by atoms with van der Waals surface area (Å²) in [5.74, 6) is -0.251. The molecule has 5 heteroatoms. The van der Waals surface area contributed by atoms with E-state index in [0.717, 1.165) is 11.3 Å². The highest BCUT2D eigenvalue weighted by molar-refractivity contribution is 6.11. The van der Waals surface area contributed by atoms with Gasteiger partial charge < -0.3 is 15.3 Å². The van der Waals surface area contributed by atoms with E-state index >= 15 is 0 Å². The fourth-order valence-corrected chi connectivity index (χ4v) is 2.27. The molecular formula is C16H15N3O2. The van der Waals surface area contributed by atoms with Gasteiger partial charge in [-0.05, 0) is 49.2 Å². The Morgan fingerprint density at radius 1 is 1.05 bits per heavy atom. The van der Waals surface area contributed by atoms with E-state index in [1.54, 1.807) is 18.2 Å². The number of carbonyl (C=O) groups is 1. The molecule has 0 fully saturated rings. The molecule has 0 spiro atoms. The predicted molar refractivity (Wildman–Crippen MR) is 82.8 cm³/mol. The lowest BCUT2D eigenvalue weighted by atomic mass is 10.1. The average molecular weight is 281 g/mol. The van der Waals surface area contributed by atoms with Gasteiger partial charge in [-0.2, -0.15) is 0 Å². The van der Waals surface area contributed by atoms with Crippen molar-refractivity contribution in [3.63, 3.8) is 0 Å². The van der Waals surface area contributed by atoms with Crippen molar-refractivity contribution < 1.29 is 4.79 Å². The van der Waals surface area contributed by atoms with Crippen molar-refractivity contribution >= 4 is 22.6 Å². The van der Waals surface area contributed by atoms with E-state index in [4.69, 9.17) is 0 Å². The molecule has 3 N–H and O–H groups in total. The van der Waals surface area contributed by atoms with Gasteiger partial charge in [0.15, 0.2) is 0 Å². The standard InChI is InChI=1S/C16H15N3O2/c1-9-6-7-11(8-10(9)2)17-15(20)12-4-3-5-13-14(12)19-16(21)18-13/h3-8H,1-2H3,(H,17,20)(H2,18,19,21). The number of nitrogens with one attached hydrogen (secondary N) is 3. The van der Waals surface area contributed by atoms with Gasteiger partial charge in [-0.1, -0.05) is 12.1 Å². The summed E-state index contributed by atoms with van der Waals surface area (Å²) in [6.45, 7) is 4.02. The van der Waals surface area contributed by atoms with E-state index < -0.39 is 0 Å². The fourth-order valence-electron chi connectivity index (χ4n) is 2.27. The lowest BCUT2D eigenvalue weighted by Gasteiger charge is -2.08. The molecule has 1 amide bonds. The molecule has 0 saturated carbocycles. The number of imidazole rings is 1. The van der Waals surface area contributed by atoms with Crippen LogP contribution in [0.5, 0.6) is 0 Å². The summed E-state index contributed by atoms with van der Waals surface area (Å²) >= 11 is 0. The van der Waals surface area contributed by atoms with Crippen LogP contribution in [0.2, 0.25) is 0 Å². The van der Waals surface area contributed by atoms with Gasteiger partial charge in [-0.3, -0.25) is 4.79 Å². The minimum Gasteiger partial charge on any atom is -0.322 e. The molecule has 0 unspecified atom stereocenters. The number of hydrogen-bond acceptors (Lipinski definition) is 2. The molecule has 2 aromatic carbocycles. The van der Waals surface area contributed by atoms with Crippen molar-refractivity contribution in [1.29, 1.82) is 0 Å². The lowest BCUT2D eigenvalue weighted by molar-refractivity contribution is 0.102. The Kier molecular flexibility index (Phi) is 3.10. The Hall–Kier alpha value is -2.82. The highest BCUT2D eigenvalue weighted by Gasteiger charge is 2.12. The Morgan fingerprint density at radius 3 is 2.62 bits per heavy atom. The van der Waals surface area contributed by atoms with E-state index in [1.807, 2.05) is 32.0 Å². The Bertz CT molecular complexity index is 890. The maximum Gasteiger partial charge on any atom is 0.323 e. The molecule has 106 valence electrons. The second-order valence-corrected chi connectivity index (χ2v) is 5.06. The van der Waals surface area contributed by atoms with Crippen LogP contribution >= 0.6 is 0 Å². The molecule has 3 aromatic rings. The largest absolute Gasteiger partial charge is 0.323 e. The SMILES string of the molecule is Cc1ccc(NC(=O)c2cccc3[nH]c(=O)[nH]c23)cc1C. The summed E-state index contributed by atoms with van der Waals surface area (Å²) in [5, 5.41) is 2.85. The Balaban J connectivity index is 1.97. The number of benzene rings is 2. The van der Waals surface area contributed by atoms with Crippen molar-refractivity contribution in [2.45, 2.75) is 13.8 Å². The predicted octanol–water partition coefficient (Wildman–Crippen LogP) is 2.73. The van der Waals surface area contributed by atoms with Crippen LogP contribution < -0.4 is 11.0 Å². The van der Waals surface area contributed by atoms with Gasteiger partial charge in [0.2, 0.25) is 0 Å². The van der Waals surface area contributed by atoms with Gasteiger partial charge in [-0.15, -0.1) is 0 Å². The van der Waals surface area contributed by atoms with Gasteiger partial charge in [0.25, 0.3) is 5.91 Å². The Labute approximate surface area is 121 Å². The molecule has 0 bridgehead atoms. The molecule has 0 aliphatic carbocycles. The fraction of sp³-hybridized carbons (Fsp3) is 0.125. The third kappa shape index (κ3) is 2.45. The molecule has 5 nitrogen and oxygen atoms in total. The number of fused-ring (bicyclic) bond motifs is 1.